The van der Waals surface area contributed by atoms with Crippen LogP contribution in [0.2, 0.25) is 0 Å². The molecule has 4 heteroatoms. The van der Waals surface area contributed by atoms with E-state index in [1.54, 1.807) is 6.26 Å². The van der Waals surface area contributed by atoms with Crippen LogP contribution in [0.5, 0.6) is 0 Å². The number of carbonyl (C=O) groups excluding carboxylic acids is 1. The zero-order valence-corrected chi connectivity index (χ0v) is 14.3. The molecule has 0 aliphatic rings. The molecule has 0 bridgehead atoms. The molecule has 1 N–H and O–H groups in total. The monoisotopic (exact) mass is 371 g/mol. The van der Waals surface area contributed by atoms with Gasteiger partial charge < -0.3 is 9.73 Å². The molecular formula is C19H18BrNO2. The van der Waals surface area contributed by atoms with Gasteiger partial charge in [-0.1, -0.05) is 54.6 Å². The van der Waals surface area contributed by atoms with Gasteiger partial charge in [-0.2, -0.15) is 0 Å². The van der Waals surface area contributed by atoms with Crippen LogP contribution in [0, 0.1) is 0 Å². The maximum absolute atomic E-state index is 12.1. The van der Waals surface area contributed by atoms with Gasteiger partial charge in [0.25, 0.3) is 0 Å². The SMILES string of the molecule is Br.O=C(CNCc1ccco1)c1ccc(-c2ccccc2)cc1. The minimum Gasteiger partial charge on any atom is -0.468 e. The van der Waals surface area contributed by atoms with Crippen LogP contribution in [0.4, 0.5) is 0 Å². The molecule has 0 saturated carbocycles. The van der Waals surface area contributed by atoms with Gasteiger partial charge in [0.15, 0.2) is 5.78 Å². The Morgan fingerprint density at radius 2 is 1.57 bits per heavy atom. The van der Waals surface area contributed by atoms with Crippen molar-refractivity contribution in [3.05, 3.63) is 84.3 Å². The molecule has 0 aliphatic carbocycles. The third kappa shape index (κ3) is 4.65. The molecule has 2 aromatic carbocycles. The summed E-state index contributed by atoms with van der Waals surface area (Å²) in [4.78, 5) is 12.1. The Morgan fingerprint density at radius 3 is 2.22 bits per heavy atom. The Kier molecular flexibility index (Phi) is 6.32. The van der Waals surface area contributed by atoms with E-state index in [1.165, 1.54) is 0 Å². The second kappa shape index (κ2) is 8.46. The van der Waals surface area contributed by atoms with Gasteiger partial charge in [-0.25, -0.2) is 0 Å². The molecule has 118 valence electrons. The highest BCUT2D eigenvalue weighted by molar-refractivity contribution is 8.93. The number of hydrogen-bond donors (Lipinski definition) is 1. The molecule has 3 rings (SSSR count). The average Bonchev–Trinajstić information content (AvgIpc) is 3.09. The molecule has 0 spiro atoms. The summed E-state index contributed by atoms with van der Waals surface area (Å²) in [6, 6.07) is 21.5. The molecule has 0 aliphatic heterocycles. The number of furan rings is 1. The second-order valence-corrected chi connectivity index (χ2v) is 5.05. The molecule has 0 fully saturated rings. The Labute approximate surface area is 146 Å². The fourth-order valence-electron chi connectivity index (χ4n) is 2.29. The van der Waals surface area contributed by atoms with E-state index in [9.17, 15) is 4.79 Å². The summed E-state index contributed by atoms with van der Waals surface area (Å²) in [7, 11) is 0. The van der Waals surface area contributed by atoms with Crippen LogP contribution >= 0.6 is 17.0 Å². The summed E-state index contributed by atoms with van der Waals surface area (Å²) < 4.78 is 5.21. The normalized spacial score (nSPS) is 10.1. The predicted molar refractivity (Wildman–Crippen MR) is 96.9 cm³/mol. The van der Waals surface area contributed by atoms with Gasteiger partial charge in [0.05, 0.1) is 19.4 Å². The van der Waals surface area contributed by atoms with Gasteiger partial charge in [0, 0.05) is 5.56 Å². The maximum atomic E-state index is 12.1. The Morgan fingerprint density at radius 1 is 0.870 bits per heavy atom. The molecule has 0 atom stereocenters. The van der Waals surface area contributed by atoms with Gasteiger partial charge >= 0.3 is 0 Å². The van der Waals surface area contributed by atoms with Crippen molar-refractivity contribution in [1.29, 1.82) is 0 Å². The van der Waals surface area contributed by atoms with Crippen LogP contribution in [-0.4, -0.2) is 12.3 Å². The van der Waals surface area contributed by atoms with Gasteiger partial charge in [0.2, 0.25) is 0 Å². The van der Waals surface area contributed by atoms with Crippen molar-refractivity contribution >= 4 is 22.8 Å². The summed E-state index contributed by atoms with van der Waals surface area (Å²) in [5.74, 6) is 0.901. The lowest BCUT2D eigenvalue weighted by molar-refractivity contribution is 0.0990. The number of halogens is 1. The zero-order chi connectivity index (χ0) is 15.2. The van der Waals surface area contributed by atoms with Crippen LogP contribution in [0.1, 0.15) is 16.1 Å². The fourth-order valence-corrected chi connectivity index (χ4v) is 2.29. The lowest BCUT2D eigenvalue weighted by Crippen LogP contribution is -2.22. The smallest absolute Gasteiger partial charge is 0.176 e. The third-order valence-electron chi connectivity index (χ3n) is 3.48. The van der Waals surface area contributed by atoms with Gasteiger partial charge in [-0.15, -0.1) is 17.0 Å². The highest BCUT2D eigenvalue weighted by Gasteiger charge is 2.06. The number of nitrogens with one attached hydrogen (secondary N) is 1. The topological polar surface area (TPSA) is 42.2 Å². The van der Waals surface area contributed by atoms with Crippen LogP contribution in [0.3, 0.4) is 0 Å². The summed E-state index contributed by atoms with van der Waals surface area (Å²) in [6.45, 7) is 0.853. The molecule has 1 aromatic heterocycles. The molecule has 3 aromatic rings. The molecule has 0 radical (unpaired) electrons. The molecule has 0 unspecified atom stereocenters. The number of carbonyl (C=O) groups is 1. The molecule has 0 amide bonds. The first-order valence-electron chi connectivity index (χ1n) is 7.25. The molecule has 1 heterocycles. The average molecular weight is 372 g/mol. The second-order valence-electron chi connectivity index (χ2n) is 5.05. The van der Waals surface area contributed by atoms with E-state index in [-0.39, 0.29) is 22.8 Å². The highest BCUT2D eigenvalue weighted by atomic mass is 79.9. The summed E-state index contributed by atoms with van der Waals surface area (Å²) >= 11 is 0. The predicted octanol–water partition coefficient (Wildman–Crippen LogP) is 4.50. The van der Waals surface area contributed by atoms with Crippen molar-refractivity contribution < 1.29 is 9.21 Å². The molecule has 23 heavy (non-hydrogen) atoms. The van der Waals surface area contributed by atoms with Crippen molar-refractivity contribution in [1.82, 2.24) is 5.32 Å². The van der Waals surface area contributed by atoms with E-state index < -0.39 is 0 Å². The van der Waals surface area contributed by atoms with Crippen LogP contribution < -0.4 is 5.32 Å². The highest BCUT2D eigenvalue weighted by Crippen LogP contribution is 2.19. The fraction of sp³-hybridized carbons (Fsp3) is 0.105. The van der Waals surface area contributed by atoms with E-state index in [0.29, 0.717) is 18.7 Å². The minimum atomic E-state index is 0. The van der Waals surface area contributed by atoms with Gasteiger partial charge in [-0.05, 0) is 23.3 Å². The Balaban J connectivity index is 0.00000192. The number of ketones is 1. The van der Waals surface area contributed by atoms with Crippen molar-refractivity contribution in [2.75, 3.05) is 6.54 Å². The summed E-state index contributed by atoms with van der Waals surface area (Å²) in [6.07, 6.45) is 1.63. The molecular weight excluding hydrogens is 354 g/mol. The molecule has 0 saturated heterocycles. The van der Waals surface area contributed by atoms with Gasteiger partial charge in [0.1, 0.15) is 5.76 Å². The quantitative estimate of drug-likeness (QED) is 0.648. The van der Waals surface area contributed by atoms with Crippen molar-refractivity contribution in [3.8, 4) is 11.1 Å². The Hall–Kier alpha value is -2.17. The first-order valence-corrected chi connectivity index (χ1v) is 7.25. The van der Waals surface area contributed by atoms with Crippen LogP contribution in [-0.2, 0) is 6.54 Å². The minimum absolute atomic E-state index is 0. The van der Waals surface area contributed by atoms with Crippen molar-refractivity contribution in [2.24, 2.45) is 0 Å². The lowest BCUT2D eigenvalue weighted by atomic mass is 10.0. The van der Waals surface area contributed by atoms with Crippen molar-refractivity contribution in [2.45, 2.75) is 6.54 Å². The van der Waals surface area contributed by atoms with E-state index >= 15 is 0 Å². The van der Waals surface area contributed by atoms with Crippen LogP contribution in [0.25, 0.3) is 11.1 Å². The first kappa shape index (κ1) is 17.2. The third-order valence-corrected chi connectivity index (χ3v) is 3.48. The molecule has 3 nitrogen and oxygen atoms in total. The Bertz CT molecular complexity index is 722. The van der Waals surface area contributed by atoms with E-state index in [0.717, 1.165) is 16.9 Å². The summed E-state index contributed by atoms with van der Waals surface area (Å²) in [5.41, 5.74) is 2.98. The van der Waals surface area contributed by atoms with E-state index in [1.807, 2.05) is 54.6 Å². The van der Waals surface area contributed by atoms with Crippen molar-refractivity contribution in [3.63, 3.8) is 0 Å². The largest absolute Gasteiger partial charge is 0.468 e. The first-order chi connectivity index (χ1) is 10.8. The lowest BCUT2D eigenvalue weighted by Gasteiger charge is -2.05. The standard InChI is InChI=1S/C19H17NO2.BrH/c21-19(14-20-13-18-7-4-12-22-18)17-10-8-16(9-11-17)15-5-2-1-3-6-15;/h1-12,20H,13-14H2;1H. The summed E-state index contributed by atoms with van der Waals surface area (Å²) in [5, 5.41) is 3.09. The number of hydrogen-bond acceptors (Lipinski definition) is 3. The maximum Gasteiger partial charge on any atom is 0.176 e. The van der Waals surface area contributed by atoms with Gasteiger partial charge in [-0.3, -0.25) is 4.79 Å². The zero-order valence-electron chi connectivity index (χ0n) is 12.6. The number of rotatable bonds is 6. The van der Waals surface area contributed by atoms with E-state index in [2.05, 4.69) is 17.4 Å². The van der Waals surface area contributed by atoms with E-state index in [4.69, 9.17) is 4.42 Å². The number of benzene rings is 2. The number of Topliss-reactive ketones (excluding diaryl/α,β-unsaturated/α-hetero) is 1. The van der Waals surface area contributed by atoms with Crippen LogP contribution in [0.15, 0.2) is 77.4 Å².